The second-order valence-corrected chi connectivity index (χ2v) is 6.80. The number of carbonyl (C=O) groups excluding carboxylic acids is 3. The summed E-state index contributed by atoms with van der Waals surface area (Å²) in [5.41, 5.74) is 4.83. The van der Waals surface area contributed by atoms with Crippen molar-refractivity contribution in [1.82, 2.24) is 5.32 Å². The van der Waals surface area contributed by atoms with Crippen LogP contribution in [-0.2, 0) is 14.3 Å². The van der Waals surface area contributed by atoms with E-state index in [1.807, 2.05) is 0 Å². The fourth-order valence-corrected chi connectivity index (χ4v) is 2.68. The van der Waals surface area contributed by atoms with Crippen LogP contribution in [0.2, 0.25) is 5.02 Å². The van der Waals surface area contributed by atoms with E-state index in [0.29, 0.717) is 10.6 Å². The number of anilines is 1. The lowest BCUT2D eigenvalue weighted by atomic mass is 10.0. The van der Waals surface area contributed by atoms with E-state index in [2.05, 4.69) is 10.6 Å². The SMILES string of the molecule is CC(OC(=O)CC(NC(N)=O)c1ccc(Cl)cc1)C(=O)Nc1ccc(F)c([N+](=O)[O-])c1. The smallest absolute Gasteiger partial charge is 0.312 e. The Labute approximate surface area is 180 Å². The molecule has 0 spiro atoms. The Morgan fingerprint density at radius 2 is 1.87 bits per heavy atom. The van der Waals surface area contributed by atoms with Crippen LogP contribution in [0.5, 0.6) is 0 Å². The number of nitrogens with zero attached hydrogens (tertiary/aromatic N) is 1. The summed E-state index contributed by atoms with van der Waals surface area (Å²) in [4.78, 5) is 45.6. The number of rotatable bonds is 8. The molecule has 2 aromatic rings. The molecule has 0 aromatic heterocycles. The minimum absolute atomic E-state index is 0.0459. The van der Waals surface area contributed by atoms with E-state index in [-0.39, 0.29) is 12.1 Å². The summed E-state index contributed by atoms with van der Waals surface area (Å²) in [6, 6.07) is 7.43. The molecule has 12 heteroatoms. The highest BCUT2D eigenvalue weighted by atomic mass is 35.5. The number of ether oxygens (including phenoxy) is 1. The molecule has 0 fully saturated rings. The lowest BCUT2D eigenvalue weighted by Crippen LogP contribution is -2.36. The Morgan fingerprint density at radius 1 is 1.23 bits per heavy atom. The van der Waals surface area contributed by atoms with E-state index < -0.39 is 46.5 Å². The minimum Gasteiger partial charge on any atom is -0.452 e. The van der Waals surface area contributed by atoms with Crippen molar-refractivity contribution >= 4 is 40.9 Å². The van der Waals surface area contributed by atoms with Crippen molar-refractivity contribution in [2.75, 3.05) is 5.32 Å². The van der Waals surface area contributed by atoms with Gasteiger partial charge in [-0.2, -0.15) is 4.39 Å². The van der Waals surface area contributed by atoms with Crippen molar-refractivity contribution in [3.8, 4) is 0 Å². The summed E-state index contributed by atoms with van der Waals surface area (Å²) < 4.78 is 18.5. The number of carbonyl (C=O) groups is 3. The van der Waals surface area contributed by atoms with Gasteiger partial charge in [-0.1, -0.05) is 23.7 Å². The van der Waals surface area contributed by atoms with Gasteiger partial charge in [-0.25, -0.2) is 4.79 Å². The Morgan fingerprint density at radius 3 is 2.45 bits per heavy atom. The topological polar surface area (TPSA) is 154 Å². The van der Waals surface area contributed by atoms with Gasteiger partial charge in [0.2, 0.25) is 5.82 Å². The van der Waals surface area contributed by atoms with Gasteiger partial charge in [0.1, 0.15) is 0 Å². The third kappa shape index (κ3) is 6.93. The molecule has 10 nitrogen and oxygen atoms in total. The average molecular weight is 453 g/mol. The highest BCUT2D eigenvalue weighted by Gasteiger charge is 2.23. The van der Waals surface area contributed by atoms with Crippen molar-refractivity contribution in [3.63, 3.8) is 0 Å². The maximum absolute atomic E-state index is 13.4. The zero-order chi connectivity index (χ0) is 23.1. The van der Waals surface area contributed by atoms with Crippen LogP contribution in [0.1, 0.15) is 24.9 Å². The highest BCUT2D eigenvalue weighted by Crippen LogP contribution is 2.23. The number of esters is 1. The third-order valence-corrected chi connectivity index (χ3v) is 4.30. The molecule has 2 aromatic carbocycles. The molecule has 164 valence electrons. The zero-order valence-corrected chi connectivity index (χ0v) is 16.9. The summed E-state index contributed by atoms with van der Waals surface area (Å²) in [6.07, 6.45) is -1.61. The van der Waals surface area contributed by atoms with Gasteiger partial charge in [0.15, 0.2) is 6.10 Å². The molecule has 31 heavy (non-hydrogen) atoms. The van der Waals surface area contributed by atoms with Crippen molar-refractivity contribution in [1.29, 1.82) is 0 Å². The standard InChI is InChI=1S/C19H18ClFN4O6/c1-10(18(27)23-13-6-7-14(21)16(8-13)25(29)30)31-17(26)9-15(24-19(22)28)11-2-4-12(20)5-3-11/h2-8,10,15H,9H2,1H3,(H,23,27)(H3,22,24,28). The second-order valence-electron chi connectivity index (χ2n) is 6.36. The zero-order valence-electron chi connectivity index (χ0n) is 16.1. The summed E-state index contributed by atoms with van der Waals surface area (Å²) >= 11 is 5.83. The molecular weight excluding hydrogens is 435 g/mol. The number of nitrogens with one attached hydrogen (secondary N) is 2. The monoisotopic (exact) mass is 452 g/mol. The van der Waals surface area contributed by atoms with Crippen molar-refractivity contribution in [2.24, 2.45) is 5.73 Å². The maximum Gasteiger partial charge on any atom is 0.312 e. The quantitative estimate of drug-likeness (QED) is 0.317. The van der Waals surface area contributed by atoms with Gasteiger partial charge >= 0.3 is 17.7 Å². The molecule has 0 aliphatic carbocycles. The van der Waals surface area contributed by atoms with Gasteiger partial charge in [0.25, 0.3) is 5.91 Å². The number of hydrogen-bond acceptors (Lipinski definition) is 6. The molecule has 2 rings (SSSR count). The van der Waals surface area contributed by atoms with Crippen LogP contribution < -0.4 is 16.4 Å². The Bertz CT molecular complexity index is 1000. The predicted molar refractivity (Wildman–Crippen MR) is 109 cm³/mol. The lowest BCUT2D eigenvalue weighted by molar-refractivity contribution is -0.387. The van der Waals surface area contributed by atoms with Gasteiger partial charge in [-0.05, 0) is 36.8 Å². The van der Waals surface area contributed by atoms with Gasteiger partial charge in [-0.15, -0.1) is 0 Å². The number of nitro benzene ring substituents is 1. The average Bonchev–Trinajstić information content (AvgIpc) is 2.68. The summed E-state index contributed by atoms with van der Waals surface area (Å²) in [5.74, 6) is -2.67. The lowest BCUT2D eigenvalue weighted by Gasteiger charge is -2.19. The fraction of sp³-hybridized carbons (Fsp3) is 0.211. The number of benzene rings is 2. The van der Waals surface area contributed by atoms with Crippen LogP contribution in [0.25, 0.3) is 0 Å². The molecule has 4 N–H and O–H groups in total. The van der Waals surface area contributed by atoms with Crippen LogP contribution in [0, 0.1) is 15.9 Å². The molecule has 2 atom stereocenters. The molecule has 0 aliphatic rings. The summed E-state index contributed by atoms with van der Waals surface area (Å²) in [5, 5.41) is 16.0. The normalized spacial score (nSPS) is 12.4. The van der Waals surface area contributed by atoms with Gasteiger partial charge in [0, 0.05) is 16.8 Å². The number of nitro groups is 1. The van der Waals surface area contributed by atoms with E-state index >= 15 is 0 Å². The molecule has 0 radical (unpaired) electrons. The number of urea groups is 1. The number of halogens is 2. The maximum atomic E-state index is 13.4. The molecular formula is C19H18ClFN4O6. The van der Waals surface area contributed by atoms with E-state index in [1.54, 1.807) is 24.3 Å². The van der Waals surface area contributed by atoms with Crippen molar-refractivity contribution in [3.05, 3.63) is 69.0 Å². The summed E-state index contributed by atoms with van der Waals surface area (Å²) in [6.45, 7) is 1.28. The van der Waals surface area contributed by atoms with Crippen LogP contribution in [0.4, 0.5) is 20.6 Å². The van der Waals surface area contributed by atoms with Crippen LogP contribution in [0.3, 0.4) is 0 Å². The molecule has 0 saturated carbocycles. The Kier molecular flexibility index (Phi) is 7.86. The van der Waals surface area contributed by atoms with Gasteiger partial charge in [-0.3, -0.25) is 19.7 Å². The van der Waals surface area contributed by atoms with Crippen LogP contribution in [0.15, 0.2) is 42.5 Å². The fourth-order valence-electron chi connectivity index (χ4n) is 2.56. The van der Waals surface area contributed by atoms with Gasteiger partial charge in [0.05, 0.1) is 17.4 Å². The van der Waals surface area contributed by atoms with E-state index in [9.17, 15) is 28.9 Å². The largest absolute Gasteiger partial charge is 0.452 e. The van der Waals surface area contributed by atoms with Crippen LogP contribution in [-0.4, -0.2) is 28.9 Å². The third-order valence-electron chi connectivity index (χ3n) is 4.05. The Balaban J connectivity index is 2.01. The first-order chi connectivity index (χ1) is 14.6. The molecule has 2 unspecified atom stereocenters. The number of amides is 3. The van der Waals surface area contributed by atoms with Crippen LogP contribution >= 0.6 is 11.6 Å². The van der Waals surface area contributed by atoms with E-state index in [4.69, 9.17) is 22.1 Å². The van der Waals surface area contributed by atoms with Crippen molar-refractivity contribution < 1.29 is 28.4 Å². The first-order valence-corrected chi connectivity index (χ1v) is 9.20. The minimum atomic E-state index is -1.28. The molecule has 0 saturated heterocycles. The Hall–Kier alpha value is -3.73. The molecule has 0 bridgehead atoms. The van der Waals surface area contributed by atoms with Gasteiger partial charge < -0.3 is 21.1 Å². The predicted octanol–water partition coefficient (Wildman–Crippen LogP) is 3.06. The van der Waals surface area contributed by atoms with Crippen molar-refractivity contribution in [2.45, 2.75) is 25.5 Å². The first kappa shape index (κ1) is 23.5. The number of hydrogen-bond donors (Lipinski definition) is 3. The highest BCUT2D eigenvalue weighted by molar-refractivity contribution is 6.30. The number of primary amides is 1. The first-order valence-electron chi connectivity index (χ1n) is 8.82. The van der Waals surface area contributed by atoms with E-state index in [0.717, 1.165) is 18.2 Å². The van der Waals surface area contributed by atoms with E-state index in [1.165, 1.54) is 6.92 Å². The number of nitrogens with two attached hydrogens (primary N) is 1. The molecule has 3 amide bonds. The summed E-state index contributed by atoms with van der Waals surface area (Å²) in [7, 11) is 0. The molecule has 0 heterocycles. The second kappa shape index (κ2) is 10.3. The molecule has 0 aliphatic heterocycles.